The van der Waals surface area contributed by atoms with Crippen molar-refractivity contribution >= 4 is 17.7 Å². The number of hydrogen-bond donors (Lipinski definition) is 0. The standard InChI is InChI=1S/C21H22FN3OS/c1-15(20(26)24(2)14-16-8-7-11-18(22)12-16)27-21-23-13-19(25(21)3)17-9-5-4-6-10-17/h4-13,15H,14H2,1-3H3/t15-/m1/s1. The smallest absolute Gasteiger partial charge is 0.235 e. The Morgan fingerprint density at radius 1 is 1.22 bits per heavy atom. The van der Waals surface area contributed by atoms with Gasteiger partial charge in [-0.15, -0.1) is 0 Å². The molecule has 140 valence electrons. The second-order valence-electron chi connectivity index (χ2n) is 6.44. The first-order chi connectivity index (χ1) is 13.0. The fourth-order valence-electron chi connectivity index (χ4n) is 2.89. The molecule has 0 spiro atoms. The number of carbonyl (C=O) groups excluding carboxylic acids is 1. The lowest BCUT2D eigenvalue weighted by molar-refractivity contribution is -0.129. The maximum Gasteiger partial charge on any atom is 0.235 e. The van der Waals surface area contributed by atoms with Gasteiger partial charge in [-0.2, -0.15) is 0 Å². The van der Waals surface area contributed by atoms with Gasteiger partial charge in [-0.3, -0.25) is 4.79 Å². The van der Waals surface area contributed by atoms with Crippen molar-refractivity contribution in [1.82, 2.24) is 14.5 Å². The van der Waals surface area contributed by atoms with Crippen LogP contribution in [0, 0.1) is 5.82 Å². The lowest BCUT2D eigenvalue weighted by Crippen LogP contribution is -2.33. The maximum atomic E-state index is 13.3. The minimum atomic E-state index is -0.298. The summed E-state index contributed by atoms with van der Waals surface area (Å²) < 4.78 is 15.3. The van der Waals surface area contributed by atoms with Gasteiger partial charge in [-0.25, -0.2) is 9.37 Å². The molecule has 0 aliphatic heterocycles. The molecule has 0 unspecified atom stereocenters. The Labute approximate surface area is 163 Å². The molecular formula is C21H22FN3OS. The van der Waals surface area contributed by atoms with E-state index in [1.54, 1.807) is 18.0 Å². The molecule has 0 saturated heterocycles. The minimum absolute atomic E-state index is 0.0199. The third kappa shape index (κ3) is 4.57. The molecule has 0 radical (unpaired) electrons. The molecule has 0 N–H and O–H groups in total. The minimum Gasteiger partial charge on any atom is -0.340 e. The molecule has 27 heavy (non-hydrogen) atoms. The van der Waals surface area contributed by atoms with Crippen molar-refractivity contribution in [2.24, 2.45) is 7.05 Å². The second kappa shape index (κ2) is 8.39. The maximum absolute atomic E-state index is 13.3. The van der Waals surface area contributed by atoms with E-state index < -0.39 is 0 Å². The van der Waals surface area contributed by atoms with E-state index in [1.807, 2.05) is 61.1 Å². The van der Waals surface area contributed by atoms with Crippen LogP contribution in [0.4, 0.5) is 4.39 Å². The number of imidazole rings is 1. The van der Waals surface area contributed by atoms with Crippen LogP contribution >= 0.6 is 11.8 Å². The first kappa shape index (κ1) is 19.2. The van der Waals surface area contributed by atoms with Crippen molar-refractivity contribution in [2.45, 2.75) is 23.9 Å². The van der Waals surface area contributed by atoms with Crippen molar-refractivity contribution in [1.29, 1.82) is 0 Å². The highest BCUT2D eigenvalue weighted by atomic mass is 32.2. The second-order valence-corrected chi connectivity index (χ2v) is 7.74. The van der Waals surface area contributed by atoms with Gasteiger partial charge in [0.1, 0.15) is 5.82 Å². The number of benzene rings is 2. The molecule has 0 fully saturated rings. The van der Waals surface area contributed by atoms with E-state index in [0.717, 1.165) is 22.0 Å². The molecule has 2 aromatic carbocycles. The van der Waals surface area contributed by atoms with E-state index in [-0.39, 0.29) is 17.0 Å². The van der Waals surface area contributed by atoms with Gasteiger partial charge < -0.3 is 9.47 Å². The average molecular weight is 383 g/mol. The summed E-state index contributed by atoms with van der Waals surface area (Å²) in [5.74, 6) is -0.314. The van der Waals surface area contributed by atoms with Gasteiger partial charge in [-0.05, 0) is 30.2 Å². The van der Waals surface area contributed by atoms with Crippen LogP contribution in [-0.2, 0) is 18.4 Å². The van der Waals surface area contributed by atoms with Crippen LogP contribution in [0.25, 0.3) is 11.3 Å². The molecule has 0 saturated carbocycles. The third-order valence-corrected chi connectivity index (χ3v) is 5.48. The van der Waals surface area contributed by atoms with Crippen LogP contribution in [0.2, 0.25) is 0 Å². The van der Waals surface area contributed by atoms with Crippen LogP contribution in [0.3, 0.4) is 0 Å². The number of amides is 1. The molecule has 1 atom stereocenters. The van der Waals surface area contributed by atoms with E-state index in [1.165, 1.54) is 23.9 Å². The summed E-state index contributed by atoms with van der Waals surface area (Å²) in [6.07, 6.45) is 1.82. The van der Waals surface area contributed by atoms with Crippen molar-refractivity contribution in [3.05, 3.63) is 72.2 Å². The molecule has 0 aliphatic carbocycles. The van der Waals surface area contributed by atoms with E-state index in [4.69, 9.17) is 0 Å². The first-order valence-electron chi connectivity index (χ1n) is 8.69. The van der Waals surface area contributed by atoms with Gasteiger partial charge in [0.15, 0.2) is 5.16 Å². The number of halogens is 1. The zero-order valence-corrected chi connectivity index (χ0v) is 16.4. The number of aromatic nitrogens is 2. The predicted molar refractivity (Wildman–Crippen MR) is 107 cm³/mol. The Kier molecular flexibility index (Phi) is 5.96. The predicted octanol–water partition coefficient (Wildman–Crippen LogP) is 4.37. The summed E-state index contributed by atoms with van der Waals surface area (Å²) >= 11 is 1.42. The van der Waals surface area contributed by atoms with Crippen LogP contribution < -0.4 is 0 Å². The van der Waals surface area contributed by atoms with Crippen LogP contribution in [-0.4, -0.2) is 32.7 Å². The van der Waals surface area contributed by atoms with Crippen molar-refractivity contribution < 1.29 is 9.18 Å². The largest absolute Gasteiger partial charge is 0.340 e. The Bertz CT molecular complexity index is 926. The quantitative estimate of drug-likeness (QED) is 0.594. The van der Waals surface area contributed by atoms with Crippen molar-refractivity contribution in [3.63, 3.8) is 0 Å². The number of thioether (sulfide) groups is 1. The van der Waals surface area contributed by atoms with E-state index >= 15 is 0 Å². The fourth-order valence-corrected chi connectivity index (χ4v) is 3.85. The highest BCUT2D eigenvalue weighted by molar-refractivity contribution is 8.00. The summed E-state index contributed by atoms with van der Waals surface area (Å²) in [4.78, 5) is 18.8. The average Bonchev–Trinajstić information content (AvgIpc) is 3.02. The van der Waals surface area contributed by atoms with Gasteiger partial charge in [-0.1, -0.05) is 54.2 Å². The van der Waals surface area contributed by atoms with Gasteiger partial charge in [0.2, 0.25) is 5.91 Å². The molecular weight excluding hydrogens is 361 g/mol. The lowest BCUT2D eigenvalue weighted by atomic mass is 10.2. The highest BCUT2D eigenvalue weighted by Crippen LogP contribution is 2.28. The van der Waals surface area contributed by atoms with Crippen LogP contribution in [0.5, 0.6) is 0 Å². The van der Waals surface area contributed by atoms with Gasteiger partial charge >= 0.3 is 0 Å². The monoisotopic (exact) mass is 383 g/mol. The van der Waals surface area contributed by atoms with E-state index in [2.05, 4.69) is 4.98 Å². The lowest BCUT2D eigenvalue weighted by Gasteiger charge is -2.21. The number of hydrogen-bond acceptors (Lipinski definition) is 3. The molecule has 1 heterocycles. The summed E-state index contributed by atoms with van der Waals surface area (Å²) in [7, 11) is 3.68. The molecule has 3 rings (SSSR count). The topological polar surface area (TPSA) is 38.1 Å². The van der Waals surface area contributed by atoms with E-state index in [0.29, 0.717) is 6.54 Å². The zero-order chi connectivity index (χ0) is 19.4. The number of carbonyl (C=O) groups is 1. The highest BCUT2D eigenvalue weighted by Gasteiger charge is 2.21. The van der Waals surface area contributed by atoms with Crippen LogP contribution in [0.1, 0.15) is 12.5 Å². The van der Waals surface area contributed by atoms with Crippen molar-refractivity contribution in [2.75, 3.05) is 7.05 Å². The number of rotatable bonds is 6. The first-order valence-corrected chi connectivity index (χ1v) is 9.57. The molecule has 4 nitrogen and oxygen atoms in total. The third-order valence-electron chi connectivity index (χ3n) is 4.33. The molecule has 6 heteroatoms. The van der Waals surface area contributed by atoms with E-state index in [9.17, 15) is 9.18 Å². The summed E-state index contributed by atoms with van der Waals surface area (Å²) in [6.45, 7) is 2.24. The molecule has 0 aliphatic rings. The van der Waals surface area contributed by atoms with Gasteiger partial charge in [0.05, 0.1) is 17.1 Å². The zero-order valence-electron chi connectivity index (χ0n) is 15.6. The molecule has 0 bridgehead atoms. The summed E-state index contributed by atoms with van der Waals surface area (Å²) in [5, 5.41) is 0.488. The Balaban J connectivity index is 1.67. The Hall–Kier alpha value is -2.60. The van der Waals surface area contributed by atoms with Crippen LogP contribution in [0.15, 0.2) is 66.0 Å². The number of nitrogens with zero attached hydrogens (tertiary/aromatic N) is 3. The van der Waals surface area contributed by atoms with Gasteiger partial charge in [0, 0.05) is 20.6 Å². The summed E-state index contributed by atoms with van der Waals surface area (Å²) in [6, 6.07) is 16.3. The van der Waals surface area contributed by atoms with Gasteiger partial charge in [0.25, 0.3) is 0 Å². The van der Waals surface area contributed by atoms with Crippen molar-refractivity contribution in [3.8, 4) is 11.3 Å². The molecule has 3 aromatic rings. The summed E-state index contributed by atoms with van der Waals surface area (Å²) in [5.41, 5.74) is 2.86. The molecule has 1 amide bonds. The normalized spacial score (nSPS) is 12.0. The Morgan fingerprint density at radius 2 is 1.96 bits per heavy atom. The SMILES string of the molecule is C[C@@H](Sc1ncc(-c2ccccc2)n1C)C(=O)N(C)Cc1cccc(F)c1. The Morgan fingerprint density at radius 3 is 2.67 bits per heavy atom. The molecule has 1 aromatic heterocycles. The fraction of sp³-hybridized carbons (Fsp3) is 0.238.